The maximum absolute atomic E-state index is 11.4. The fraction of sp³-hybridized carbons (Fsp3) is 0.292. The van der Waals surface area contributed by atoms with E-state index in [9.17, 15) is 9.90 Å². The van der Waals surface area contributed by atoms with Gasteiger partial charge in [0.25, 0.3) is 0 Å². The minimum Gasteiger partial charge on any atom is -0.478 e. The maximum atomic E-state index is 11.4. The van der Waals surface area contributed by atoms with Crippen LogP contribution < -0.4 is 5.32 Å². The van der Waals surface area contributed by atoms with Gasteiger partial charge in [-0.1, -0.05) is 17.7 Å². The fourth-order valence-electron chi connectivity index (χ4n) is 4.42. The molecule has 0 unspecified atom stereocenters. The monoisotopic (exact) mass is 483 g/mol. The van der Waals surface area contributed by atoms with Gasteiger partial charge in [-0.2, -0.15) is 0 Å². The Hall–Kier alpha value is -2.94. The first-order valence-corrected chi connectivity index (χ1v) is 11.5. The van der Waals surface area contributed by atoms with Gasteiger partial charge in [0.1, 0.15) is 17.6 Å². The second-order valence-electron chi connectivity index (χ2n) is 8.12. The molecule has 4 heterocycles. The fourth-order valence-corrected chi connectivity index (χ4v) is 4.95. The van der Waals surface area contributed by atoms with Crippen molar-refractivity contribution >= 4 is 34.9 Å². The summed E-state index contributed by atoms with van der Waals surface area (Å²) in [5.74, 6) is 0.151. The molecule has 2 aliphatic rings. The van der Waals surface area contributed by atoms with Crippen LogP contribution in [0.3, 0.4) is 0 Å². The molecule has 2 fully saturated rings. The summed E-state index contributed by atoms with van der Waals surface area (Å²) >= 11 is 12.1. The van der Waals surface area contributed by atoms with Crippen LogP contribution in [0.1, 0.15) is 46.7 Å². The highest BCUT2D eigenvalue weighted by molar-refractivity contribution is 7.80. The molecule has 3 atom stereocenters. The molecule has 170 valence electrons. The third kappa shape index (κ3) is 4.34. The van der Waals surface area contributed by atoms with E-state index < -0.39 is 5.97 Å². The van der Waals surface area contributed by atoms with Gasteiger partial charge in [-0.25, -0.2) is 4.79 Å². The van der Waals surface area contributed by atoms with Crippen LogP contribution in [0.15, 0.2) is 59.1 Å². The zero-order chi connectivity index (χ0) is 22.9. The lowest BCUT2D eigenvalue weighted by Gasteiger charge is -2.28. The van der Waals surface area contributed by atoms with E-state index in [-0.39, 0.29) is 23.8 Å². The van der Waals surface area contributed by atoms with Crippen molar-refractivity contribution in [3.05, 3.63) is 76.8 Å². The van der Waals surface area contributed by atoms with E-state index in [2.05, 4.69) is 15.2 Å². The number of halogens is 1. The Morgan fingerprint density at radius 3 is 2.88 bits per heavy atom. The Morgan fingerprint density at radius 1 is 1.27 bits per heavy atom. The van der Waals surface area contributed by atoms with Gasteiger partial charge in [-0.15, -0.1) is 0 Å². The number of furan rings is 1. The average Bonchev–Trinajstić information content (AvgIpc) is 3.56. The molecule has 0 radical (unpaired) electrons. The molecule has 2 N–H and O–H groups in total. The van der Waals surface area contributed by atoms with Gasteiger partial charge in [0.05, 0.1) is 28.4 Å². The topological polar surface area (TPSA) is 87.8 Å². The third-order valence-electron chi connectivity index (χ3n) is 6.02. The van der Waals surface area contributed by atoms with Crippen molar-refractivity contribution in [1.29, 1.82) is 0 Å². The van der Waals surface area contributed by atoms with E-state index in [0.29, 0.717) is 33.8 Å². The first kappa shape index (κ1) is 21.9. The van der Waals surface area contributed by atoms with Gasteiger partial charge < -0.3 is 24.5 Å². The summed E-state index contributed by atoms with van der Waals surface area (Å²) in [6.45, 7) is 1.40. The van der Waals surface area contributed by atoms with E-state index in [1.807, 2.05) is 30.3 Å². The van der Waals surface area contributed by atoms with Crippen molar-refractivity contribution in [1.82, 2.24) is 15.2 Å². The number of carboxylic acids is 1. The molecule has 1 aromatic carbocycles. The number of thiocarbonyl (C=S) groups is 1. The number of benzene rings is 1. The van der Waals surface area contributed by atoms with Crippen molar-refractivity contribution in [3.63, 3.8) is 0 Å². The van der Waals surface area contributed by atoms with Gasteiger partial charge in [0.2, 0.25) is 0 Å². The van der Waals surface area contributed by atoms with Gasteiger partial charge in [-0.05, 0) is 67.5 Å². The summed E-state index contributed by atoms with van der Waals surface area (Å²) in [6, 6.07) is 13.6. The van der Waals surface area contributed by atoms with Gasteiger partial charge in [0, 0.05) is 24.9 Å². The number of carboxylic acid groups (broad SMARTS) is 1. The summed E-state index contributed by atoms with van der Waals surface area (Å²) < 4.78 is 12.1. The zero-order valence-corrected chi connectivity index (χ0v) is 19.2. The average molecular weight is 484 g/mol. The standard InChI is InChI=1S/C24H22ClN3O4S/c25-17-7-6-14(23(29)30)12-16(17)19-8-9-20(32-19)22-21(18-5-1-2-10-26-18)27-24(33)28(22)13-15-4-3-11-31-15/h1-2,5-10,12,15,21-22H,3-4,11,13H2,(H,27,33)(H,29,30)/t15-,21-,22+/m0/s1. The van der Waals surface area contributed by atoms with E-state index in [4.69, 9.17) is 33.0 Å². The number of rotatable bonds is 6. The Morgan fingerprint density at radius 2 is 2.15 bits per heavy atom. The molecular weight excluding hydrogens is 462 g/mol. The van der Waals surface area contributed by atoms with Crippen LogP contribution in [0.5, 0.6) is 0 Å². The molecule has 5 rings (SSSR count). The summed E-state index contributed by atoms with van der Waals surface area (Å²) in [6.07, 6.45) is 3.88. The maximum Gasteiger partial charge on any atom is 0.335 e. The minimum absolute atomic E-state index is 0.103. The number of hydrogen-bond donors (Lipinski definition) is 2. The van der Waals surface area contributed by atoms with Gasteiger partial charge in [-0.3, -0.25) is 4.98 Å². The van der Waals surface area contributed by atoms with Crippen molar-refractivity contribution in [2.75, 3.05) is 13.2 Å². The number of carbonyl (C=O) groups is 1. The van der Waals surface area contributed by atoms with Gasteiger partial charge >= 0.3 is 5.97 Å². The van der Waals surface area contributed by atoms with Crippen LogP contribution in [-0.4, -0.2) is 45.3 Å². The Labute approximate surface area is 201 Å². The number of ether oxygens (including phenoxy) is 1. The molecule has 0 aliphatic carbocycles. The lowest BCUT2D eigenvalue weighted by molar-refractivity contribution is 0.0697. The molecule has 2 saturated heterocycles. The predicted octanol–water partition coefficient (Wildman–Crippen LogP) is 4.84. The summed E-state index contributed by atoms with van der Waals surface area (Å²) in [5.41, 5.74) is 1.52. The normalized spacial score (nSPS) is 22.5. The van der Waals surface area contributed by atoms with E-state index in [1.165, 1.54) is 12.1 Å². The van der Waals surface area contributed by atoms with Crippen LogP contribution in [0.25, 0.3) is 11.3 Å². The van der Waals surface area contributed by atoms with Crippen LogP contribution >= 0.6 is 23.8 Å². The highest BCUT2D eigenvalue weighted by Gasteiger charge is 2.43. The highest BCUT2D eigenvalue weighted by atomic mass is 35.5. The highest BCUT2D eigenvalue weighted by Crippen LogP contribution is 2.41. The molecular formula is C24H22ClN3O4S. The van der Waals surface area contributed by atoms with Crippen molar-refractivity contribution in [2.45, 2.75) is 31.0 Å². The van der Waals surface area contributed by atoms with Crippen molar-refractivity contribution in [2.24, 2.45) is 0 Å². The summed E-state index contributed by atoms with van der Waals surface area (Å²) in [7, 11) is 0. The molecule has 0 bridgehead atoms. The SMILES string of the molecule is O=C(O)c1ccc(Cl)c(-c2ccc([C@@H]3[C@H](c4ccccn4)NC(=S)N3C[C@@H]3CCCO3)o2)c1. The molecule has 0 saturated carbocycles. The Balaban J connectivity index is 1.53. The quantitative estimate of drug-likeness (QED) is 0.481. The lowest BCUT2D eigenvalue weighted by Crippen LogP contribution is -2.36. The summed E-state index contributed by atoms with van der Waals surface area (Å²) in [5, 5.41) is 13.8. The zero-order valence-electron chi connectivity index (χ0n) is 17.6. The smallest absolute Gasteiger partial charge is 0.335 e. The first-order chi connectivity index (χ1) is 16.0. The number of aromatic nitrogens is 1. The Kier molecular flexibility index (Phi) is 6.05. The van der Waals surface area contributed by atoms with Crippen LogP contribution in [0.4, 0.5) is 0 Å². The summed E-state index contributed by atoms with van der Waals surface area (Å²) in [4.78, 5) is 18.1. The molecule has 9 heteroatoms. The van der Waals surface area contributed by atoms with Crippen LogP contribution in [0.2, 0.25) is 5.02 Å². The van der Waals surface area contributed by atoms with Crippen LogP contribution in [-0.2, 0) is 4.74 Å². The molecule has 2 aliphatic heterocycles. The van der Waals surface area contributed by atoms with Crippen molar-refractivity contribution < 1.29 is 19.1 Å². The number of pyridine rings is 1. The molecule has 0 amide bonds. The molecule has 33 heavy (non-hydrogen) atoms. The molecule has 3 aromatic rings. The Bertz CT molecular complexity index is 1180. The minimum atomic E-state index is -1.03. The number of nitrogens with zero attached hydrogens (tertiary/aromatic N) is 2. The number of nitrogens with one attached hydrogen (secondary N) is 1. The molecule has 0 spiro atoms. The molecule has 7 nitrogen and oxygen atoms in total. The third-order valence-corrected chi connectivity index (χ3v) is 6.70. The molecule has 2 aromatic heterocycles. The predicted molar refractivity (Wildman–Crippen MR) is 127 cm³/mol. The van der Waals surface area contributed by atoms with E-state index >= 15 is 0 Å². The first-order valence-electron chi connectivity index (χ1n) is 10.7. The lowest BCUT2D eigenvalue weighted by atomic mass is 10.0. The second kappa shape index (κ2) is 9.13. The largest absolute Gasteiger partial charge is 0.478 e. The number of hydrogen-bond acceptors (Lipinski definition) is 5. The van der Waals surface area contributed by atoms with E-state index in [0.717, 1.165) is 25.1 Å². The van der Waals surface area contributed by atoms with Gasteiger partial charge in [0.15, 0.2) is 5.11 Å². The van der Waals surface area contributed by atoms with E-state index in [1.54, 1.807) is 12.3 Å². The van der Waals surface area contributed by atoms with Crippen LogP contribution in [0, 0.1) is 0 Å². The second-order valence-corrected chi connectivity index (χ2v) is 8.91. The number of aromatic carboxylic acids is 1. The van der Waals surface area contributed by atoms with Crippen molar-refractivity contribution in [3.8, 4) is 11.3 Å².